The maximum absolute atomic E-state index is 14.0. The third-order valence-corrected chi connectivity index (χ3v) is 5.57. The smallest absolute Gasteiger partial charge is 0.307 e. The number of aliphatic carboxylic acids is 1. The third kappa shape index (κ3) is 7.53. The molecule has 0 saturated heterocycles. The van der Waals surface area contributed by atoms with Crippen molar-refractivity contribution in [3.05, 3.63) is 107 Å². The predicted molar refractivity (Wildman–Crippen MR) is 123 cm³/mol. The molecular weight excluding hydrogens is 459 g/mol. The highest BCUT2D eigenvalue weighted by Crippen LogP contribution is 2.18. The van der Waals surface area contributed by atoms with Gasteiger partial charge in [0, 0.05) is 24.1 Å². The fraction of sp³-hybridized carbons (Fsp3) is 0.222. The number of hydrogen-bond donors (Lipinski definition) is 2. The number of carbonyl (C=O) groups is 3. The molecule has 35 heavy (non-hydrogen) atoms. The van der Waals surface area contributed by atoms with Crippen LogP contribution in [0.2, 0.25) is 0 Å². The minimum Gasteiger partial charge on any atom is -0.481 e. The van der Waals surface area contributed by atoms with Crippen LogP contribution < -0.4 is 5.32 Å². The van der Waals surface area contributed by atoms with Gasteiger partial charge >= 0.3 is 5.97 Å². The van der Waals surface area contributed by atoms with Crippen molar-refractivity contribution < 1.29 is 32.7 Å². The molecule has 2 N–H and O–H groups in total. The molecule has 5 nitrogen and oxygen atoms in total. The zero-order chi connectivity index (χ0) is 25.4. The van der Waals surface area contributed by atoms with Gasteiger partial charge < -0.3 is 10.4 Å². The van der Waals surface area contributed by atoms with Crippen molar-refractivity contribution in [1.29, 1.82) is 0 Å². The summed E-state index contributed by atoms with van der Waals surface area (Å²) in [5, 5.41) is 12.1. The minimum absolute atomic E-state index is 0.0669. The van der Waals surface area contributed by atoms with Crippen molar-refractivity contribution in [3.63, 3.8) is 0 Å². The Balaban J connectivity index is 1.77. The average molecular weight is 483 g/mol. The van der Waals surface area contributed by atoms with Gasteiger partial charge in [0.1, 0.15) is 17.5 Å². The largest absolute Gasteiger partial charge is 0.481 e. The molecule has 0 aromatic heterocycles. The Morgan fingerprint density at radius 1 is 0.800 bits per heavy atom. The molecular formula is C27H24F3NO4. The van der Waals surface area contributed by atoms with Gasteiger partial charge in [-0.15, -0.1) is 0 Å². The summed E-state index contributed by atoms with van der Waals surface area (Å²) < 4.78 is 41.2. The number of carbonyl (C=O) groups excluding carboxylic acids is 2. The Hall–Kier alpha value is -3.94. The van der Waals surface area contributed by atoms with Gasteiger partial charge in [-0.05, 0) is 24.0 Å². The van der Waals surface area contributed by atoms with Crippen LogP contribution in [0.3, 0.4) is 0 Å². The first-order valence-electron chi connectivity index (χ1n) is 11.0. The minimum atomic E-state index is -1.21. The zero-order valence-corrected chi connectivity index (χ0v) is 18.7. The Kier molecular flexibility index (Phi) is 8.78. The van der Waals surface area contributed by atoms with Crippen LogP contribution in [0.15, 0.2) is 72.8 Å². The molecule has 0 heterocycles. The monoisotopic (exact) mass is 483 g/mol. The van der Waals surface area contributed by atoms with Crippen molar-refractivity contribution in [2.24, 2.45) is 5.92 Å². The molecule has 0 spiro atoms. The number of nitrogens with one attached hydrogen (secondary N) is 1. The Bertz CT molecular complexity index is 1160. The fourth-order valence-electron chi connectivity index (χ4n) is 3.77. The van der Waals surface area contributed by atoms with Crippen LogP contribution >= 0.6 is 0 Å². The average Bonchev–Trinajstić information content (AvgIpc) is 2.81. The van der Waals surface area contributed by atoms with Gasteiger partial charge in [0.2, 0.25) is 5.91 Å². The van der Waals surface area contributed by atoms with Crippen molar-refractivity contribution in [2.45, 2.75) is 31.7 Å². The molecule has 0 bridgehead atoms. The van der Waals surface area contributed by atoms with E-state index in [9.17, 15) is 32.7 Å². The van der Waals surface area contributed by atoms with Crippen molar-refractivity contribution in [2.75, 3.05) is 0 Å². The SMILES string of the molecule is O=C(Cc1c(F)cc(F)cc1F)N[C@@H](Cc1ccccc1)C(=O)C[C@@H](Cc1ccccc1)C(=O)O. The summed E-state index contributed by atoms with van der Waals surface area (Å²) in [5.74, 6) is -7.08. The van der Waals surface area contributed by atoms with E-state index in [1.54, 1.807) is 60.7 Å². The summed E-state index contributed by atoms with van der Waals surface area (Å²) in [5.41, 5.74) is 0.834. The first kappa shape index (κ1) is 25.7. The van der Waals surface area contributed by atoms with Gasteiger partial charge in [0.15, 0.2) is 5.78 Å². The molecule has 182 valence electrons. The van der Waals surface area contributed by atoms with E-state index >= 15 is 0 Å². The Morgan fingerprint density at radius 3 is 1.83 bits per heavy atom. The molecule has 0 fully saturated rings. The highest BCUT2D eigenvalue weighted by atomic mass is 19.1. The normalized spacial score (nSPS) is 12.5. The number of benzene rings is 3. The molecule has 0 aliphatic carbocycles. The molecule has 0 saturated carbocycles. The van der Waals surface area contributed by atoms with Crippen LogP contribution in [0.1, 0.15) is 23.1 Å². The lowest BCUT2D eigenvalue weighted by Gasteiger charge is -2.20. The predicted octanol–water partition coefficient (Wildman–Crippen LogP) is 4.28. The maximum atomic E-state index is 14.0. The quantitative estimate of drug-likeness (QED) is 0.427. The second kappa shape index (κ2) is 12.0. The van der Waals surface area contributed by atoms with Gasteiger partial charge in [-0.25, -0.2) is 13.2 Å². The van der Waals surface area contributed by atoms with E-state index in [0.717, 1.165) is 5.56 Å². The van der Waals surface area contributed by atoms with Crippen LogP contribution in [-0.2, 0) is 33.6 Å². The molecule has 0 aliphatic heterocycles. The number of carboxylic acid groups (broad SMARTS) is 1. The number of halogens is 3. The standard InChI is InChI=1S/C27H24F3NO4/c28-20-14-22(29)21(23(30)15-20)16-26(33)31-24(12-18-9-5-2-6-10-18)25(32)13-19(27(34)35)11-17-7-3-1-4-8-17/h1-10,14-15,19,24H,11-13,16H2,(H,31,33)(H,34,35)/t19-,24+/m1/s1. The lowest BCUT2D eigenvalue weighted by Crippen LogP contribution is -2.44. The maximum Gasteiger partial charge on any atom is 0.307 e. The first-order chi connectivity index (χ1) is 16.7. The summed E-state index contributed by atoms with van der Waals surface area (Å²) in [4.78, 5) is 37.6. The van der Waals surface area contributed by atoms with E-state index in [1.807, 2.05) is 0 Å². The zero-order valence-electron chi connectivity index (χ0n) is 18.7. The van der Waals surface area contributed by atoms with Crippen LogP contribution in [-0.4, -0.2) is 28.8 Å². The van der Waals surface area contributed by atoms with E-state index < -0.39 is 59.1 Å². The highest BCUT2D eigenvalue weighted by molar-refractivity contribution is 5.92. The van der Waals surface area contributed by atoms with Gasteiger partial charge in [-0.1, -0.05) is 60.7 Å². The van der Waals surface area contributed by atoms with Gasteiger partial charge in [-0.2, -0.15) is 0 Å². The molecule has 2 atom stereocenters. The number of amides is 1. The molecule has 3 aromatic carbocycles. The van der Waals surface area contributed by atoms with E-state index in [1.165, 1.54) is 0 Å². The Morgan fingerprint density at radius 2 is 1.31 bits per heavy atom. The first-order valence-corrected chi connectivity index (χ1v) is 11.0. The van der Waals surface area contributed by atoms with E-state index in [2.05, 4.69) is 5.32 Å². The lowest BCUT2D eigenvalue weighted by molar-refractivity contribution is -0.144. The summed E-state index contributed by atoms with van der Waals surface area (Å²) in [7, 11) is 0. The molecule has 8 heteroatoms. The highest BCUT2D eigenvalue weighted by Gasteiger charge is 2.28. The van der Waals surface area contributed by atoms with E-state index in [4.69, 9.17) is 0 Å². The van der Waals surface area contributed by atoms with Gasteiger partial charge in [-0.3, -0.25) is 14.4 Å². The fourth-order valence-corrected chi connectivity index (χ4v) is 3.77. The second-order valence-corrected chi connectivity index (χ2v) is 8.23. The molecule has 3 rings (SSSR count). The van der Waals surface area contributed by atoms with Crippen LogP contribution in [0.25, 0.3) is 0 Å². The topological polar surface area (TPSA) is 83.5 Å². The summed E-state index contributed by atoms with van der Waals surface area (Å²) >= 11 is 0. The molecule has 1 amide bonds. The van der Waals surface area contributed by atoms with Crippen LogP contribution in [0.4, 0.5) is 13.2 Å². The number of carboxylic acids is 1. The van der Waals surface area contributed by atoms with Gasteiger partial charge in [0.05, 0.1) is 18.4 Å². The lowest BCUT2D eigenvalue weighted by atomic mass is 9.90. The Labute approximate surface area is 200 Å². The molecule has 3 aromatic rings. The van der Waals surface area contributed by atoms with Crippen molar-refractivity contribution >= 4 is 17.7 Å². The summed E-state index contributed by atoms with van der Waals surface area (Å²) in [6, 6.07) is 17.4. The van der Waals surface area contributed by atoms with E-state index in [-0.39, 0.29) is 19.3 Å². The molecule has 0 aliphatic rings. The molecule has 0 unspecified atom stereocenters. The summed E-state index contributed by atoms with van der Waals surface area (Å²) in [6.07, 6.45) is -0.901. The second-order valence-electron chi connectivity index (χ2n) is 8.23. The van der Waals surface area contributed by atoms with Crippen LogP contribution in [0.5, 0.6) is 0 Å². The number of ketones is 1. The third-order valence-electron chi connectivity index (χ3n) is 5.57. The van der Waals surface area contributed by atoms with Crippen molar-refractivity contribution in [3.8, 4) is 0 Å². The summed E-state index contributed by atoms with van der Waals surface area (Å²) in [6.45, 7) is 0. The van der Waals surface area contributed by atoms with Crippen molar-refractivity contribution in [1.82, 2.24) is 5.32 Å². The van der Waals surface area contributed by atoms with E-state index in [0.29, 0.717) is 17.7 Å². The van der Waals surface area contributed by atoms with Gasteiger partial charge in [0.25, 0.3) is 0 Å². The number of rotatable bonds is 11. The van der Waals surface area contributed by atoms with Crippen LogP contribution in [0, 0.1) is 23.4 Å². The number of hydrogen-bond acceptors (Lipinski definition) is 3. The number of Topliss-reactive ketones (excluding diaryl/α,β-unsaturated/α-hetero) is 1. The molecule has 0 radical (unpaired) electrons.